The lowest BCUT2D eigenvalue weighted by molar-refractivity contribution is 0.287. The van der Waals surface area contributed by atoms with Crippen LogP contribution in [0.2, 0.25) is 0 Å². The molecule has 1 N–H and O–H groups in total. The molecular formula is C18H38O. The van der Waals surface area contributed by atoms with Crippen molar-refractivity contribution < 1.29 is 5.11 Å². The lowest BCUT2D eigenvalue weighted by Crippen LogP contribution is -1.81. The van der Waals surface area contributed by atoms with Crippen molar-refractivity contribution in [2.24, 2.45) is 0 Å². The summed E-state index contributed by atoms with van der Waals surface area (Å²) < 4.78 is 0. The molecule has 0 aromatic carbocycles. The van der Waals surface area contributed by atoms with Gasteiger partial charge in [-0.05, 0) is 19.3 Å². The monoisotopic (exact) mass is 270 g/mol. The Hall–Kier alpha value is -0.300. The van der Waals surface area contributed by atoms with Gasteiger partial charge in [-0.2, -0.15) is 0 Å². The molecule has 0 fully saturated rings. The van der Waals surface area contributed by atoms with Gasteiger partial charge in [0, 0.05) is 6.61 Å². The second-order valence-electron chi connectivity index (χ2n) is 5.34. The Morgan fingerprint density at radius 2 is 1.11 bits per heavy atom. The van der Waals surface area contributed by atoms with E-state index >= 15 is 0 Å². The first-order chi connectivity index (χ1) is 9.33. The lowest BCUT2D eigenvalue weighted by Gasteiger charge is -2.00. The predicted molar refractivity (Wildman–Crippen MR) is 88.7 cm³/mol. The smallest absolute Gasteiger partial charge is 0.0430 e. The van der Waals surface area contributed by atoms with Crippen LogP contribution in [-0.2, 0) is 0 Å². The van der Waals surface area contributed by atoms with Crippen LogP contribution in [0.3, 0.4) is 0 Å². The highest BCUT2D eigenvalue weighted by Crippen LogP contribution is 2.11. The van der Waals surface area contributed by atoms with Gasteiger partial charge in [-0.1, -0.05) is 84.1 Å². The van der Waals surface area contributed by atoms with E-state index in [0.717, 1.165) is 12.8 Å². The van der Waals surface area contributed by atoms with Crippen molar-refractivity contribution >= 4 is 0 Å². The summed E-state index contributed by atoms with van der Waals surface area (Å²) in [6.45, 7) is 8.41. The van der Waals surface area contributed by atoms with Gasteiger partial charge in [0.15, 0.2) is 0 Å². The van der Waals surface area contributed by atoms with Crippen molar-refractivity contribution in [2.75, 3.05) is 6.61 Å². The van der Waals surface area contributed by atoms with Gasteiger partial charge in [-0.25, -0.2) is 0 Å². The van der Waals surface area contributed by atoms with Gasteiger partial charge in [0.25, 0.3) is 0 Å². The minimum atomic E-state index is 0.344. The van der Waals surface area contributed by atoms with Crippen LogP contribution < -0.4 is 0 Å². The summed E-state index contributed by atoms with van der Waals surface area (Å²) in [6, 6.07) is 0. The number of aliphatic hydroxyl groups excluding tert-OH is 1. The van der Waals surface area contributed by atoms with Crippen LogP contribution in [-0.4, -0.2) is 11.7 Å². The van der Waals surface area contributed by atoms with Gasteiger partial charge in [-0.15, -0.1) is 6.58 Å². The highest BCUT2D eigenvalue weighted by molar-refractivity contribution is 4.65. The van der Waals surface area contributed by atoms with Crippen molar-refractivity contribution in [2.45, 2.75) is 97.3 Å². The Labute approximate surface area is 122 Å². The number of hydrogen-bond donors (Lipinski definition) is 1. The van der Waals surface area contributed by atoms with Crippen LogP contribution in [0.4, 0.5) is 0 Å². The summed E-state index contributed by atoms with van der Waals surface area (Å²) in [5.41, 5.74) is 0. The average Bonchev–Trinajstić information content (AvgIpc) is 2.43. The Balaban J connectivity index is 0. The minimum absolute atomic E-state index is 0.344. The summed E-state index contributed by atoms with van der Waals surface area (Å²) in [4.78, 5) is 0. The molecule has 0 aromatic rings. The SMILES string of the molecule is C=CCCCCCCCCCCCC.CCCCO. The third kappa shape index (κ3) is 27.0. The van der Waals surface area contributed by atoms with Crippen molar-refractivity contribution in [1.82, 2.24) is 0 Å². The molecule has 1 nitrogen and oxygen atoms in total. The van der Waals surface area contributed by atoms with Crippen molar-refractivity contribution in [1.29, 1.82) is 0 Å². The molecule has 0 heterocycles. The molecule has 0 aliphatic heterocycles. The van der Waals surface area contributed by atoms with Crippen molar-refractivity contribution in [3.8, 4) is 0 Å². The van der Waals surface area contributed by atoms with Gasteiger partial charge in [0.2, 0.25) is 0 Å². The zero-order valence-corrected chi connectivity index (χ0v) is 13.6. The van der Waals surface area contributed by atoms with E-state index in [9.17, 15) is 0 Å². The normalized spacial score (nSPS) is 9.84. The number of allylic oxidation sites excluding steroid dienone is 1. The first-order valence-electron chi connectivity index (χ1n) is 8.55. The Morgan fingerprint density at radius 3 is 1.42 bits per heavy atom. The zero-order chi connectivity index (χ0) is 14.6. The molecule has 1 heteroatoms. The van der Waals surface area contributed by atoms with E-state index in [1.165, 1.54) is 70.6 Å². The van der Waals surface area contributed by atoms with Crippen LogP contribution in [0.5, 0.6) is 0 Å². The Kier molecular flexibility index (Phi) is 25.3. The molecular weight excluding hydrogens is 232 g/mol. The van der Waals surface area contributed by atoms with E-state index in [4.69, 9.17) is 5.11 Å². The fourth-order valence-electron chi connectivity index (χ4n) is 1.93. The lowest BCUT2D eigenvalue weighted by atomic mass is 10.1. The van der Waals surface area contributed by atoms with E-state index in [2.05, 4.69) is 20.4 Å². The number of unbranched alkanes of at least 4 members (excludes halogenated alkanes) is 11. The Morgan fingerprint density at radius 1 is 0.684 bits per heavy atom. The van der Waals surface area contributed by atoms with E-state index < -0.39 is 0 Å². The first kappa shape index (κ1) is 21.0. The largest absolute Gasteiger partial charge is 0.396 e. The molecule has 0 saturated carbocycles. The molecule has 0 aliphatic rings. The fourth-order valence-corrected chi connectivity index (χ4v) is 1.93. The van der Waals surface area contributed by atoms with Gasteiger partial charge >= 0.3 is 0 Å². The van der Waals surface area contributed by atoms with E-state index in [0.29, 0.717) is 6.61 Å². The molecule has 0 spiro atoms. The summed E-state index contributed by atoms with van der Waals surface area (Å²) in [5.74, 6) is 0. The highest BCUT2D eigenvalue weighted by Gasteiger charge is 1.91. The number of hydrogen-bond acceptors (Lipinski definition) is 1. The molecule has 0 unspecified atom stereocenters. The van der Waals surface area contributed by atoms with Gasteiger partial charge in [-0.3, -0.25) is 0 Å². The van der Waals surface area contributed by atoms with Gasteiger partial charge in [0.05, 0.1) is 0 Å². The minimum Gasteiger partial charge on any atom is -0.396 e. The molecule has 116 valence electrons. The second kappa shape index (κ2) is 22.8. The fraction of sp³-hybridized carbons (Fsp3) is 0.889. The molecule has 0 saturated heterocycles. The van der Waals surface area contributed by atoms with Gasteiger partial charge in [0.1, 0.15) is 0 Å². The topological polar surface area (TPSA) is 20.2 Å². The maximum atomic E-state index is 8.07. The molecule has 0 amide bonds. The molecule has 0 aromatic heterocycles. The Bertz CT molecular complexity index is 141. The summed E-state index contributed by atoms with van der Waals surface area (Å²) in [7, 11) is 0. The highest BCUT2D eigenvalue weighted by atomic mass is 16.2. The molecule has 0 aliphatic carbocycles. The van der Waals surface area contributed by atoms with E-state index in [1.54, 1.807) is 0 Å². The second-order valence-corrected chi connectivity index (χ2v) is 5.34. The predicted octanol–water partition coefficient (Wildman–Crippen LogP) is 6.26. The molecule has 0 radical (unpaired) electrons. The summed E-state index contributed by atoms with van der Waals surface area (Å²) >= 11 is 0. The maximum Gasteiger partial charge on any atom is 0.0430 e. The molecule has 0 bridgehead atoms. The molecule has 0 rings (SSSR count). The number of rotatable bonds is 13. The average molecular weight is 271 g/mol. The summed E-state index contributed by atoms with van der Waals surface area (Å²) in [5, 5.41) is 8.07. The quantitative estimate of drug-likeness (QED) is 0.309. The van der Waals surface area contributed by atoms with Crippen molar-refractivity contribution in [3.05, 3.63) is 12.7 Å². The van der Waals surface area contributed by atoms with Gasteiger partial charge < -0.3 is 5.11 Å². The maximum absolute atomic E-state index is 8.07. The summed E-state index contributed by atoms with van der Waals surface area (Å²) in [6.07, 6.45) is 19.5. The van der Waals surface area contributed by atoms with Crippen molar-refractivity contribution in [3.63, 3.8) is 0 Å². The van der Waals surface area contributed by atoms with Crippen LogP contribution in [0.1, 0.15) is 97.3 Å². The van der Waals surface area contributed by atoms with E-state index in [1.807, 2.05) is 6.08 Å². The standard InChI is InChI=1S/C14H28.C4H10O/c1-3-5-7-9-11-13-14-12-10-8-6-4-2;1-2-3-4-5/h3H,1,4-14H2,2H3;5H,2-4H2,1H3. The molecule has 19 heavy (non-hydrogen) atoms. The third-order valence-corrected chi connectivity index (χ3v) is 3.27. The zero-order valence-electron chi connectivity index (χ0n) is 13.6. The van der Waals surface area contributed by atoms with Crippen LogP contribution in [0.15, 0.2) is 12.7 Å². The number of aliphatic hydroxyl groups is 1. The third-order valence-electron chi connectivity index (χ3n) is 3.27. The van der Waals surface area contributed by atoms with Crippen LogP contribution in [0, 0.1) is 0 Å². The van der Waals surface area contributed by atoms with Crippen LogP contribution >= 0.6 is 0 Å². The first-order valence-corrected chi connectivity index (χ1v) is 8.55. The molecule has 0 atom stereocenters. The van der Waals surface area contributed by atoms with E-state index in [-0.39, 0.29) is 0 Å². The van der Waals surface area contributed by atoms with Crippen LogP contribution in [0.25, 0.3) is 0 Å².